The molecule has 9 heteroatoms. The van der Waals surface area contributed by atoms with Gasteiger partial charge in [-0.2, -0.15) is 0 Å². The predicted molar refractivity (Wildman–Crippen MR) is 154 cm³/mol. The van der Waals surface area contributed by atoms with Crippen LogP contribution in [0.3, 0.4) is 0 Å². The van der Waals surface area contributed by atoms with Crippen LogP contribution in [0.2, 0.25) is 5.02 Å². The van der Waals surface area contributed by atoms with Crippen LogP contribution in [0.4, 0.5) is 5.69 Å². The fourth-order valence-electron chi connectivity index (χ4n) is 4.29. The van der Waals surface area contributed by atoms with Crippen molar-refractivity contribution in [1.82, 2.24) is 4.90 Å². The molecule has 0 unspecified atom stereocenters. The Morgan fingerprint density at radius 2 is 1.67 bits per heavy atom. The van der Waals surface area contributed by atoms with Crippen molar-refractivity contribution in [1.29, 1.82) is 0 Å². The van der Waals surface area contributed by atoms with Gasteiger partial charge in [0.05, 0.1) is 23.7 Å². The number of hydrogen-bond acceptors (Lipinski definition) is 4. The number of para-hydroxylation sites is 1. The number of sulfonamides is 1. The van der Waals surface area contributed by atoms with Crippen LogP contribution >= 0.6 is 43.5 Å². The lowest BCUT2D eigenvalue weighted by molar-refractivity contribution is 0.204. The van der Waals surface area contributed by atoms with E-state index in [-0.39, 0.29) is 11.4 Å². The number of nitrogens with zero attached hydrogens (tertiary/aromatic N) is 2. The van der Waals surface area contributed by atoms with Gasteiger partial charge in [0.1, 0.15) is 5.75 Å². The molecule has 192 valence electrons. The van der Waals surface area contributed by atoms with Gasteiger partial charge in [-0.1, -0.05) is 52.2 Å². The number of halogens is 3. The van der Waals surface area contributed by atoms with Gasteiger partial charge in [0, 0.05) is 26.1 Å². The molecule has 0 radical (unpaired) electrons. The molecule has 0 saturated carbocycles. The van der Waals surface area contributed by atoms with Crippen LogP contribution in [0, 0.1) is 0 Å². The molecule has 0 bridgehead atoms. The van der Waals surface area contributed by atoms with Crippen LogP contribution in [-0.2, 0) is 16.6 Å². The molecule has 4 rings (SSSR count). The molecule has 3 aromatic rings. The SMILES string of the molecule is O=S(=O)(c1ccc(Cl)cc1)N(Cc1ccccc1OCCCN1CCCCC1)c1cc(Br)ccc1Br. The van der Waals surface area contributed by atoms with Crippen molar-refractivity contribution >= 4 is 59.2 Å². The maximum absolute atomic E-state index is 13.9. The Labute approximate surface area is 235 Å². The highest BCUT2D eigenvalue weighted by molar-refractivity contribution is 9.11. The average molecular weight is 657 g/mol. The normalized spacial score (nSPS) is 14.5. The summed E-state index contributed by atoms with van der Waals surface area (Å²) < 4.78 is 36.7. The largest absolute Gasteiger partial charge is 0.493 e. The first-order chi connectivity index (χ1) is 17.3. The second-order valence-corrected chi connectivity index (χ2v) is 12.8. The van der Waals surface area contributed by atoms with Crippen LogP contribution in [0.5, 0.6) is 5.75 Å². The molecule has 36 heavy (non-hydrogen) atoms. The Bertz CT molecular complexity index is 1270. The number of hydrogen-bond donors (Lipinski definition) is 0. The zero-order valence-electron chi connectivity index (χ0n) is 19.9. The molecule has 1 fully saturated rings. The van der Waals surface area contributed by atoms with Gasteiger partial charge in [0.2, 0.25) is 0 Å². The standard InChI is InChI=1S/C27H29Br2ClN2O3S/c28-22-9-14-25(29)26(19-22)32(36(33,34)24-12-10-23(30)11-13-24)20-21-7-2-3-8-27(21)35-18-6-17-31-15-4-1-5-16-31/h2-3,7-14,19H,1,4-6,15-18,20H2. The first-order valence-electron chi connectivity index (χ1n) is 12.0. The predicted octanol–water partition coefficient (Wildman–Crippen LogP) is 7.52. The number of ether oxygens (including phenoxy) is 1. The maximum atomic E-state index is 13.9. The van der Waals surface area contributed by atoms with Gasteiger partial charge in [-0.15, -0.1) is 0 Å². The average Bonchev–Trinajstić information content (AvgIpc) is 2.88. The number of benzene rings is 3. The smallest absolute Gasteiger partial charge is 0.264 e. The zero-order valence-corrected chi connectivity index (χ0v) is 24.6. The molecule has 1 heterocycles. The van der Waals surface area contributed by atoms with Crippen LogP contribution in [-0.4, -0.2) is 39.6 Å². The van der Waals surface area contributed by atoms with Crippen molar-refractivity contribution in [2.75, 3.05) is 30.5 Å². The van der Waals surface area contributed by atoms with Gasteiger partial charge < -0.3 is 9.64 Å². The highest BCUT2D eigenvalue weighted by Gasteiger charge is 2.28. The Balaban J connectivity index is 1.58. The third kappa shape index (κ3) is 7.04. The first kappa shape index (κ1) is 27.5. The molecule has 1 aliphatic rings. The molecule has 3 aromatic carbocycles. The van der Waals surface area contributed by atoms with E-state index in [1.807, 2.05) is 36.4 Å². The molecule has 1 saturated heterocycles. The van der Waals surface area contributed by atoms with Gasteiger partial charge in [0.25, 0.3) is 10.0 Å². The molecule has 0 aromatic heterocycles. The van der Waals surface area contributed by atoms with E-state index in [0.29, 0.717) is 27.5 Å². The van der Waals surface area contributed by atoms with Crippen molar-refractivity contribution in [3.63, 3.8) is 0 Å². The van der Waals surface area contributed by atoms with Crippen molar-refractivity contribution < 1.29 is 13.2 Å². The van der Waals surface area contributed by atoms with Crippen molar-refractivity contribution in [2.24, 2.45) is 0 Å². The van der Waals surface area contributed by atoms with E-state index in [2.05, 4.69) is 36.8 Å². The summed E-state index contributed by atoms with van der Waals surface area (Å²) in [5, 5.41) is 0.479. The van der Waals surface area contributed by atoms with Gasteiger partial charge >= 0.3 is 0 Å². The van der Waals surface area contributed by atoms with Crippen LogP contribution in [0.1, 0.15) is 31.2 Å². The number of likely N-dealkylation sites (tertiary alicyclic amines) is 1. The minimum atomic E-state index is -3.90. The van der Waals surface area contributed by atoms with E-state index in [1.165, 1.54) is 35.7 Å². The Morgan fingerprint density at radius 3 is 2.42 bits per heavy atom. The lowest BCUT2D eigenvalue weighted by atomic mass is 10.1. The van der Waals surface area contributed by atoms with Gasteiger partial charge in [-0.05, 0) is 96.8 Å². The van der Waals surface area contributed by atoms with Crippen LogP contribution in [0.25, 0.3) is 0 Å². The van der Waals surface area contributed by atoms with Crippen molar-refractivity contribution in [2.45, 2.75) is 37.1 Å². The van der Waals surface area contributed by atoms with E-state index in [0.717, 1.165) is 36.1 Å². The molecule has 0 spiro atoms. The van der Waals surface area contributed by atoms with Gasteiger partial charge in [-0.25, -0.2) is 8.42 Å². The summed E-state index contributed by atoms with van der Waals surface area (Å²) in [6, 6.07) is 19.3. The number of anilines is 1. The quantitative estimate of drug-likeness (QED) is 0.212. The maximum Gasteiger partial charge on any atom is 0.264 e. The third-order valence-electron chi connectivity index (χ3n) is 6.19. The Morgan fingerprint density at radius 1 is 0.944 bits per heavy atom. The topological polar surface area (TPSA) is 49.9 Å². The molecule has 0 aliphatic carbocycles. The number of rotatable bonds is 10. The van der Waals surface area contributed by atoms with E-state index in [4.69, 9.17) is 16.3 Å². The molecular formula is C27H29Br2ClN2O3S. The van der Waals surface area contributed by atoms with Crippen molar-refractivity contribution in [3.8, 4) is 5.75 Å². The number of piperidine rings is 1. The summed E-state index contributed by atoms with van der Waals surface area (Å²) in [6.07, 6.45) is 4.79. The first-order valence-corrected chi connectivity index (χ1v) is 15.4. The molecular weight excluding hydrogens is 628 g/mol. The summed E-state index contributed by atoms with van der Waals surface area (Å²) >= 11 is 13.1. The fourth-order valence-corrected chi connectivity index (χ4v) is 6.80. The second kappa shape index (κ2) is 12.8. The second-order valence-electron chi connectivity index (χ2n) is 8.77. The summed E-state index contributed by atoms with van der Waals surface area (Å²) in [4.78, 5) is 2.66. The summed E-state index contributed by atoms with van der Waals surface area (Å²) in [7, 11) is -3.90. The minimum Gasteiger partial charge on any atom is -0.493 e. The summed E-state index contributed by atoms with van der Waals surface area (Å²) in [5.74, 6) is 0.693. The van der Waals surface area contributed by atoms with Gasteiger partial charge in [0.15, 0.2) is 0 Å². The zero-order chi connectivity index (χ0) is 25.5. The van der Waals surface area contributed by atoms with Crippen molar-refractivity contribution in [3.05, 3.63) is 86.3 Å². The van der Waals surface area contributed by atoms with Crippen LogP contribution < -0.4 is 9.04 Å². The van der Waals surface area contributed by atoms with E-state index in [9.17, 15) is 8.42 Å². The molecule has 1 aliphatic heterocycles. The highest BCUT2D eigenvalue weighted by Crippen LogP contribution is 2.36. The van der Waals surface area contributed by atoms with Crippen LogP contribution in [0.15, 0.2) is 80.6 Å². The fraction of sp³-hybridized carbons (Fsp3) is 0.333. The molecule has 0 N–H and O–H groups in total. The molecule has 5 nitrogen and oxygen atoms in total. The molecule has 0 atom stereocenters. The lowest BCUT2D eigenvalue weighted by Gasteiger charge is -2.27. The third-order valence-corrected chi connectivity index (χ3v) is 9.38. The minimum absolute atomic E-state index is 0.113. The van der Waals surface area contributed by atoms with Gasteiger partial charge in [-0.3, -0.25) is 4.31 Å². The lowest BCUT2D eigenvalue weighted by Crippen LogP contribution is -2.31. The summed E-state index contributed by atoms with van der Waals surface area (Å²) in [5.41, 5.74) is 1.32. The molecule has 0 amide bonds. The Kier molecular flexibility index (Phi) is 9.75. The van der Waals surface area contributed by atoms with E-state index >= 15 is 0 Å². The summed E-state index contributed by atoms with van der Waals surface area (Å²) in [6.45, 7) is 4.04. The monoisotopic (exact) mass is 654 g/mol. The van der Waals surface area contributed by atoms with E-state index < -0.39 is 10.0 Å². The highest BCUT2D eigenvalue weighted by atomic mass is 79.9. The van der Waals surface area contributed by atoms with E-state index in [1.54, 1.807) is 18.2 Å². The Hall–Kier alpha value is -1.58.